The lowest BCUT2D eigenvalue weighted by Gasteiger charge is -2.16. The van der Waals surface area contributed by atoms with Gasteiger partial charge in [-0.15, -0.1) is 10.2 Å². The van der Waals surface area contributed by atoms with E-state index in [-0.39, 0.29) is 5.91 Å². The van der Waals surface area contributed by atoms with Crippen molar-refractivity contribution in [1.82, 2.24) is 24.6 Å². The first kappa shape index (κ1) is 17.8. The highest BCUT2D eigenvalue weighted by Crippen LogP contribution is 2.23. The Labute approximate surface area is 162 Å². The fourth-order valence-electron chi connectivity index (χ4n) is 3.54. The lowest BCUT2D eigenvalue weighted by atomic mass is 9.97. The van der Waals surface area contributed by atoms with Gasteiger partial charge in [0.05, 0.1) is 0 Å². The molecule has 0 bridgehead atoms. The number of benzene rings is 1. The molecule has 1 aromatic carbocycles. The second-order valence-electron chi connectivity index (χ2n) is 6.92. The fraction of sp³-hybridized carbons (Fsp3) is 0.250. The van der Waals surface area contributed by atoms with Gasteiger partial charge in [-0.05, 0) is 48.6 Å². The third kappa shape index (κ3) is 3.75. The van der Waals surface area contributed by atoms with Gasteiger partial charge in [-0.3, -0.25) is 14.2 Å². The predicted molar refractivity (Wildman–Crippen MR) is 102 cm³/mol. The van der Waals surface area contributed by atoms with Crippen molar-refractivity contribution in [3.05, 3.63) is 71.9 Å². The Morgan fingerprint density at radius 3 is 2.68 bits per heavy atom. The molecule has 0 spiro atoms. The van der Waals surface area contributed by atoms with E-state index >= 15 is 0 Å². The van der Waals surface area contributed by atoms with Crippen LogP contribution in [0.1, 0.15) is 32.8 Å². The van der Waals surface area contributed by atoms with Crippen LogP contribution in [-0.2, 0) is 6.42 Å². The first-order valence-corrected chi connectivity index (χ1v) is 9.10. The largest absolute Gasteiger partial charge is 0.366 e. The molecule has 2 aromatic heterocycles. The normalized spacial score (nSPS) is 16.3. The minimum Gasteiger partial charge on any atom is -0.366 e. The summed E-state index contributed by atoms with van der Waals surface area (Å²) < 4.78 is 1.66. The van der Waals surface area contributed by atoms with Crippen molar-refractivity contribution in [3.8, 4) is 5.82 Å². The highest BCUT2D eigenvalue weighted by Gasteiger charge is 2.28. The zero-order chi connectivity index (χ0) is 19.5. The SMILES string of the molecule is NC(=O)c1cccc(C[C@H]2CCN(C(=O)c3cccc(-n4cnnc4)n3)C2)c1. The number of rotatable bonds is 5. The van der Waals surface area contributed by atoms with Crippen LogP contribution in [0.15, 0.2) is 55.1 Å². The van der Waals surface area contributed by atoms with Gasteiger partial charge < -0.3 is 10.6 Å². The topological polar surface area (TPSA) is 107 Å². The number of nitrogens with zero attached hydrogens (tertiary/aromatic N) is 5. The summed E-state index contributed by atoms with van der Waals surface area (Å²) >= 11 is 0. The van der Waals surface area contributed by atoms with E-state index in [0.29, 0.717) is 36.1 Å². The number of carbonyl (C=O) groups excluding carboxylic acids is 2. The molecule has 0 radical (unpaired) electrons. The summed E-state index contributed by atoms with van der Waals surface area (Å²) in [7, 11) is 0. The fourth-order valence-corrected chi connectivity index (χ4v) is 3.54. The predicted octanol–water partition coefficient (Wildman–Crippen LogP) is 1.47. The van der Waals surface area contributed by atoms with Crippen LogP contribution in [0.25, 0.3) is 5.82 Å². The molecule has 0 saturated carbocycles. The molecule has 3 heterocycles. The Bertz CT molecular complexity index is 1000. The summed E-state index contributed by atoms with van der Waals surface area (Å²) in [5.41, 5.74) is 7.33. The van der Waals surface area contributed by atoms with E-state index in [1.54, 1.807) is 41.5 Å². The molecule has 8 heteroatoms. The summed E-state index contributed by atoms with van der Waals surface area (Å²) in [5, 5.41) is 7.53. The Hall–Kier alpha value is -3.55. The maximum atomic E-state index is 12.9. The summed E-state index contributed by atoms with van der Waals surface area (Å²) in [5.74, 6) is 0.440. The molecular formula is C20H20N6O2. The number of carbonyl (C=O) groups is 2. The van der Waals surface area contributed by atoms with Crippen molar-refractivity contribution < 1.29 is 9.59 Å². The van der Waals surface area contributed by atoms with Crippen LogP contribution >= 0.6 is 0 Å². The average molecular weight is 376 g/mol. The molecule has 1 aliphatic heterocycles. The number of nitrogens with two attached hydrogens (primary N) is 1. The van der Waals surface area contributed by atoms with Gasteiger partial charge in [0.2, 0.25) is 5.91 Å². The quantitative estimate of drug-likeness (QED) is 0.725. The number of amides is 2. The molecule has 1 atom stereocenters. The van der Waals surface area contributed by atoms with Crippen LogP contribution in [-0.4, -0.2) is 49.6 Å². The van der Waals surface area contributed by atoms with E-state index in [1.165, 1.54) is 0 Å². The molecule has 2 amide bonds. The highest BCUT2D eigenvalue weighted by molar-refractivity contribution is 5.93. The van der Waals surface area contributed by atoms with Gasteiger partial charge in [0.15, 0.2) is 0 Å². The molecular weight excluding hydrogens is 356 g/mol. The van der Waals surface area contributed by atoms with Crippen molar-refractivity contribution in [2.45, 2.75) is 12.8 Å². The van der Waals surface area contributed by atoms with Crippen molar-refractivity contribution in [2.24, 2.45) is 11.7 Å². The van der Waals surface area contributed by atoms with Gasteiger partial charge in [-0.1, -0.05) is 18.2 Å². The molecule has 8 nitrogen and oxygen atoms in total. The molecule has 1 saturated heterocycles. The molecule has 3 aromatic rings. The Balaban J connectivity index is 1.43. The number of pyridine rings is 1. The monoisotopic (exact) mass is 376 g/mol. The Morgan fingerprint density at radius 1 is 1.11 bits per heavy atom. The third-order valence-corrected chi connectivity index (χ3v) is 4.95. The maximum Gasteiger partial charge on any atom is 0.272 e. The van der Waals surface area contributed by atoms with E-state index < -0.39 is 5.91 Å². The first-order chi connectivity index (χ1) is 13.6. The zero-order valence-electron chi connectivity index (χ0n) is 15.2. The summed E-state index contributed by atoms with van der Waals surface area (Å²) in [6, 6.07) is 12.7. The molecule has 2 N–H and O–H groups in total. The lowest BCUT2D eigenvalue weighted by Crippen LogP contribution is -2.29. The Morgan fingerprint density at radius 2 is 1.89 bits per heavy atom. The van der Waals surface area contributed by atoms with Crippen molar-refractivity contribution in [1.29, 1.82) is 0 Å². The molecule has 1 fully saturated rings. The number of hydrogen-bond acceptors (Lipinski definition) is 5. The van der Waals surface area contributed by atoms with Crippen molar-refractivity contribution in [3.63, 3.8) is 0 Å². The number of likely N-dealkylation sites (tertiary alicyclic amines) is 1. The number of primary amides is 1. The van der Waals surface area contributed by atoms with Gasteiger partial charge in [0, 0.05) is 18.7 Å². The van der Waals surface area contributed by atoms with E-state index in [4.69, 9.17) is 5.73 Å². The highest BCUT2D eigenvalue weighted by atomic mass is 16.2. The average Bonchev–Trinajstić information content (AvgIpc) is 3.40. The van der Waals surface area contributed by atoms with Gasteiger partial charge in [-0.25, -0.2) is 4.98 Å². The number of hydrogen-bond donors (Lipinski definition) is 1. The van der Waals surface area contributed by atoms with Crippen molar-refractivity contribution >= 4 is 11.8 Å². The molecule has 4 rings (SSSR count). The smallest absolute Gasteiger partial charge is 0.272 e. The molecule has 1 aliphatic rings. The van der Waals surface area contributed by atoms with E-state index in [9.17, 15) is 9.59 Å². The molecule has 28 heavy (non-hydrogen) atoms. The third-order valence-electron chi connectivity index (χ3n) is 4.95. The van der Waals surface area contributed by atoms with Gasteiger partial charge >= 0.3 is 0 Å². The molecule has 0 unspecified atom stereocenters. The second-order valence-corrected chi connectivity index (χ2v) is 6.92. The Kier molecular flexibility index (Phi) is 4.84. The van der Waals surface area contributed by atoms with Crippen LogP contribution in [0, 0.1) is 5.92 Å². The van der Waals surface area contributed by atoms with Crippen molar-refractivity contribution in [2.75, 3.05) is 13.1 Å². The van der Waals surface area contributed by atoms with Crippen LogP contribution in [0.4, 0.5) is 0 Å². The maximum absolute atomic E-state index is 12.9. The molecule has 0 aliphatic carbocycles. The second kappa shape index (κ2) is 7.59. The van der Waals surface area contributed by atoms with Gasteiger partial charge in [-0.2, -0.15) is 0 Å². The van der Waals surface area contributed by atoms with E-state index in [1.807, 2.05) is 23.1 Å². The first-order valence-electron chi connectivity index (χ1n) is 9.10. The molecule has 142 valence electrons. The lowest BCUT2D eigenvalue weighted by molar-refractivity contribution is 0.0781. The summed E-state index contributed by atoms with van der Waals surface area (Å²) in [4.78, 5) is 30.5. The van der Waals surface area contributed by atoms with Crippen LogP contribution in [0.2, 0.25) is 0 Å². The van der Waals surface area contributed by atoms with Crippen LogP contribution in [0.5, 0.6) is 0 Å². The van der Waals surface area contributed by atoms with E-state index in [2.05, 4.69) is 15.2 Å². The van der Waals surface area contributed by atoms with Crippen LogP contribution < -0.4 is 5.73 Å². The minimum atomic E-state index is -0.427. The minimum absolute atomic E-state index is 0.0803. The zero-order valence-corrected chi connectivity index (χ0v) is 15.2. The summed E-state index contributed by atoms with van der Waals surface area (Å²) in [6.07, 6.45) is 4.81. The van der Waals surface area contributed by atoms with Gasteiger partial charge in [0.25, 0.3) is 5.91 Å². The standard InChI is InChI=1S/C20H20N6O2/c21-19(27)16-4-1-3-14(10-16)9-15-7-8-25(11-15)20(28)17-5-2-6-18(24-17)26-12-22-23-13-26/h1-6,10,12-13,15H,7-9,11H2,(H2,21,27)/t15-/m1/s1. The van der Waals surface area contributed by atoms with Gasteiger partial charge in [0.1, 0.15) is 24.2 Å². The number of aromatic nitrogens is 4. The van der Waals surface area contributed by atoms with E-state index in [0.717, 1.165) is 18.4 Å². The van der Waals surface area contributed by atoms with Crippen LogP contribution in [0.3, 0.4) is 0 Å². The summed E-state index contributed by atoms with van der Waals surface area (Å²) in [6.45, 7) is 1.36.